The first kappa shape index (κ1) is 14.0. The summed E-state index contributed by atoms with van der Waals surface area (Å²) in [4.78, 5) is 8.42. The highest BCUT2D eigenvalue weighted by molar-refractivity contribution is 5.94. The summed E-state index contributed by atoms with van der Waals surface area (Å²) < 4.78 is 0. The number of nitrogens with one attached hydrogen (secondary N) is 2. The molecule has 0 aliphatic rings. The van der Waals surface area contributed by atoms with Crippen molar-refractivity contribution >= 4 is 11.6 Å². The Balaban J connectivity index is 2.77. The number of hydrogen-bond acceptors (Lipinski definition) is 3. The Morgan fingerprint density at radius 3 is 2.67 bits per heavy atom. The second-order valence-corrected chi connectivity index (χ2v) is 4.20. The van der Waals surface area contributed by atoms with Gasteiger partial charge in [-0.2, -0.15) is 5.26 Å². The van der Waals surface area contributed by atoms with Crippen molar-refractivity contribution in [3.63, 3.8) is 0 Å². The quantitative estimate of drug-likeness (QED) is 0.369. The Hall–Kier alpha value is -2.09. The summed E-state index contributed by atoms with van der Waals surface area (Å²) in [6.07, 6.45) is 6.32. The standard InChI is InChI=1S/C13H19N5/c1-4-10(2)11(3)17-13(16-9-14)18-12-5-7-15-8-6-12/h5-8,10-11H,4H2,1-3H3,(H2,15,16,17,18)/t10-,11+/m1/s1. The van der Waals surface area contributed by atoms with Gasteiger partial charge in [-0.25, -0.2) is 4.99 Å². The summed E-state index contributed by atoms with van der Waals surface area (Å²) in [5.74, 6) is 0.941. The van der Waals surface area contributed by atoms with E-state index >= 15 is 0 Å². The fourth-order valence-corrected chi connectivity index (χ4v) is 1.39. The summed E-state index contributed by atoms with van der Waals surface area (Å²) in [5.41, 5.74) is 0.850. The molecule has 0 saturated heterocycles. The van der Waals surface area contributed by atoms with Gasteiger partial charge >= 0.3 is 0 Å². The van der Waals surface area contributed by atoms with Crippen LogP contribution in [-0.2, 0) is 0 Å². The molecule has 0 radical (unpaired) electrons. The van der Waals surface area contributed by atoms with E-state index in [1.807, 2.05) is 25.2 Å². The second-order valence-electron chi connectivity index (χ2n) is 4.20. The number of anilines is 1. The molecule has 0 bridgehead atoms. The molecule has 5 nitrogen and oxygen atoms in total. The number of hydrogen-bond donors (Lipinski definition) is 2. The fourth-order valence-electron chi connectivity index (χ4n) is 1.39. The molecule has 2 N–H and O–H groups in total. The van der Waals surface area contributed by atoms with Gasteiger partial charge in [0.1, 0.15) is 0 Å². The highest BCUT2D eigenvalue weighted by Crippen LogP contribution is 2.11. The van der Waals surface area contributed by atoms with E-state index in [-0.39, 0.29) is 6.04 Å². The Labute approximate surface area is 108 Å². The van der Waals surface area contributed by atoms with Crippen LogP contribution in [0.3, 0.4) is 0 Å². The lowest BCUT2D eigenvalue weighted by Crippen LogP contribution is -2.29. The van der Waals surface area contributed by atoms with Gasteiger partial charge in [-0.15, -0.1) is 0 Å². The summed E-state index contributed by atoms with van der Waals surface area (Å²) in [5, 5.41) is 14.4. The van der Waals surface area contributed by atoms with Crippen LogP contribution < -0.4 is 10.6 Å². The number of aliphatic imine (C=N–C) groups is 1. The van der Waals surface area contributed by atoms with Crippen molar-refractivity contribution in [2.75, 3.05) is 5.32 Å². The molecule has 1 heterocycles. The molecule has 0 aromatic carbocycles. The van der Waals surface area contributed by atoms with Crippen LogP contribution in [0.15, 0.2) is 29.5 Å². The molecule has 2 atom stereocenters. The highest BCUT2D eigenvalue weighted by atomic mass is 15.2. The fraction of sp³-hybridized carbons (Fsp3) is 0.462. The van der Waals surface area contributed by atoms with E-state index in [1.54, 1.807) is 12.4 Å². The van der Waals surface area contributed by atoms with Gasteiger partial charge in [0.05, 0.1) is 6.04 Å². The SMILES string of the molecule is CC[C@@H](C)[C@H](C)N=C(NC#N)Nc1ccncc1. The third kappa shape index (κ3) is 4.42. The van der Waals surface area contributed by atoms with Crippen molar-refractivity contribution in [1.29, 1.82) is 5.26 Å². The van der Waals surface area contributed by atoms with Crippen molar-refractivity contribution in [3.05, 3.63) is 24.5 Å². The zero-order chi connectivity index (χ0) is 13.4. The first-order valence-corrected chi connectivity index (χ1v) is 6.07. The van der Waals surface area contributed by atoms with Gasteiger partial charge in [0.15, 0.2) is 6.19 Å². The summed E-state index contributed by atoms with van der Waals surface area (Å²) in [6.45, 7) is 6.32. The number of guanidine groups is 1. The van der Waals surface area contributed by atoms with Gasteiger partial charge in [-0.1, -0.05) is 20.3 Å². The van der Waals surface area contributed by atoms with Gasteiger partial charge in [-0.3, -0.25) is 10.3 Å². The summed E-state index contributed by atoms with van der Waals surface area (Å²) in [6, 6.07) is 3.80. The van der Waals surface area contributed by atoms with E-state index in [0.717, 1.165) is 12.1 Å². The molecule has 96 valence electrons. The molecule has 1 rings (SSSR count). The number of pyridine rings is 1. The predicted molar refractivity (Wildman–Crippen MR) is 73.0 cm³/mol. The zero-order valence-corrected chi connectivity index (χ0v) is 11.0. The minimum atomic E-state index is 0.153. The van der Waals surface area contributed by atoms with Crippen LogP contribution in [0.5, 0.6) is 0 Å². The van der Waals surface area contributed by atoms with E-state index < -0.39 is 0 Å². The number of nitrogens with zero attached hydrogens (tertiary/aromatic N) is 3. The molecular weight excluding hydrogens is 226 g/mol. The normalized spacial score (nSPS) is 14.4. The Kier molecular flexibility index (Phi) is 5.65. The maximum atomic E-state index is 8.73. The van der Waals surface area contributed by atoms with Crippen molar-refractivity contribution in [2.45, 2.75) is 33.2 Å². The Bertz CT molecular complexity index is 421. The molecule has 0 saturated carbocycles. The first-order chi connectivity index (χ1) is 8.67. The van der Waals surface area contributed by atoms with E-state index in [4.69, 9.17) is 5.26 Å². The molecule has 1 aromatic heterocycles. The predicted octanol–water partition coefficient (Wildman–Crippen LogP) is 2.35. The molecule has 0 aliphatic carbocycles. The van der Waals surface area contributed by atoms with Gasteiger partial charge in [0.25, 0.3) is 0 Å². The van der Waals surface area contributed by atoms with E-state index in [1.165, 1.54) is 0 Å². The van der Waals surface area contributed by atoms with Gasteiger partial charge in [-0.05, 0) is 25.0 Å². The van der Waals surface area contributed by atoms with Crippen molar-refractivity contribution < 1.29 is 0 Å². The van der Waals surface area contributed by atoms with E-state index in [0.29, 0.717) is 11.9 Å². The monoisotopic (exact) mass is 245 g/mol. The first-order valence-electron chi connectivity index (χ1n) is 6.07. The molecule has 0 fully saturated rings. The zero-order valence-electron chi connectivity index (χ0n) is 11.0. The van der Waals surface area contributed by atoms with Crippen LogP contribution in [0, 0.1) is 17.4 Å². The third-order valence-electron chi connectivity index (χ3n) is 2.92. The highest BCUT2D eigenvalue weighted by Gasteiger charge is 2.10. The number of nitriles is 1. The minimum absolute atomic E-state index is 0.153. The Morgan fingerprint density at radius 1 is 1.44 bits per heavy atom. The molecule has 5 heteroatoms. The van der Waals surface area contributed by atoms with E-state index in [2.05, 4.69) is 34.5 Å². The number of rotatable bonds is 4. The van der Waals surface area contributed by atoms with Crippen LogP contribution >= 0.6 is 0 Å². The summed E-state index contributed by atoms with van der Waals surface area (Å²) in [7, 11) is 0. The maximum Gasteiger partial charge on any atom is 0.209 e. The Morgan fingerprint density at radius 2 is 2.11 bits per heavy atom. The lowest BCUT2D eigenvalue weighted by atomic mass is 10.0. The molecular formula is C13H19N5. The van der Waals surface area contributed by atoms with Crippen LogP contribution in [0.25, 0.3) is 0 Å². The lowest BCUT2D eigenvalue weighted by Gasteiger charge is -2.16. The molecule has 0 spiro atoms. The molecule has 0 aliphatic heterocycles. The lowest BCUT2D eigenvalue weighted by molar-refractivity contribution is 0.471. The van der Waals surface area contributed by atoms with Crippen LogP contribution in [0.1, 0.15) is 27.2 Å². The average Bonchev–Trinajstić information content (AvgIpc) is 2.39. The van der Waals surface area contributed by atoms with Crippen LogP contribution in [0.4, 0.5) is 5.69 Å². The van der Waals surface area contributed by atoms with E-state index in [9.17, 15) is 0 Å². The summed E-state index contributed by atoms with van der Waals surface area (Å²) >= 11 is 0. The van der Waals surface area contributed by atoms with Crippen LogP contribution in [-0.4, -0.2) is 17.0 Å². The topological polar surface area (TPSA) is 73.1 Å². The minimum Gasteiger partial charge on any atom is -0.325 e. The van der Waals surface area contributed by atoms with Gasteiger partial charge < -0.3 is 5.32 Å². The van der Waals surface area contributed by atoms with Crippen molar-refractivity contribution in [2.24, 2.45) is 10.9 Å². The van der Waals surface area contributed by atoms with Crippen molar-refractivity contribution in [1.82, 2.24) is 10.3 Å². The molecule has 0 unspecified atom stereocenters. The third-order valence-corrected chi connectivity index (χ3v) is 2.92. The number of aromatic nitrogens is 1. The van der Waals surface area contributed by atoms with Gasteiger partial charge in [0.2, 0.25) is 5.96 Å². The van der Waals surface area contributed by atoms with Gasteiger partial charge in [0, 0.05) is 18.1 Å². The maximum absolute atomic E-state index is 8.73. The smallest absolute Gasteiger partial charge is 0.209 e. The largest absolute Gasteiger partial charge is 0.325 e. The van der Waals surface area contributed by atoms with Crippen molar-refractivity contribution in [3.8, 4) is 6.19 Å². The average molecular weight is 245 g/mol. The molecule has 18 heavy (non-hydrogen) atoms. The second kappa shape index (κ2) is 7.28. The molecule has 0 amide bonds. The van der Waals surface area contributed by atoms with Crippen LogP contribution in [0.2, 0.25) is 0 Å². The molecule has 1 aromatic rings.